The lowest BCUT2D eigenvalue weighted by atomic mass is 9.96. The van der Waals surface area contributed by atoms with E-state index in [0.717, 1.165) is 44.0 Å². The van der Waals surface area contributed by atoms with Gasteiger partial charge in [0, 0.05) is 39.8 Å². The predicted molar refractivity (Wildman–Crippen MR) is 105 cm³/mol. The molecule has 1 aromatic carbocycles. The van der Waals surface area contributed by atoms with Crippen LogP contribution in [0.1, 0.15) is 36.8 Å². The molecule has 5 heteroatoms. The van der Waals surface area contributed by atoms with Gasteiger partial charge in [-0.05, 0) is 24.0 Å². The third kappa shape index (κ3) is 4.33. The first-order valence-corrected chi connectivity index (χ1v) is 9.36. The Balaban J connectivity index is 1.68. The predicted octanol–water partition coefficient (Wildman–Crippen LogP) is 3.20. The first-order valence-electron chi connectivity index (χ1n) is 9.36. The molecule has 2 aromatic rings. The Morgan fingerprint density at radius 1 is 1.08 bits per heavy atom. The SMILES string of the molecule is Cc1ccc(-c2cc(C(=O)N3CCN(CC(C)(C)C)CC3)nn2C)cc1. The average molecular weight is 354 g/mol. The summed E-state index contributed by atoms with van der Waals surface area (Å²) in [6.45, 7) is 13.3. The van der Waals surface area contributed by atoms with E-state index in [1.54, 1.807) is 4.68 Å². The number of hydrogen-bond acceptors (Lipinski definition) is 3. The van der Waals surface area contributed by atoms with E-state index in [4.69, 9.17) is 0 Å². The van der Waals surface area contributed by atoms with Crippen molar-refractivity contribution in [3.8, 4) is 11.3 Å². The van der Waals surface area contributed by atoms with Crippen molar-refractivity contribution >= 4 is 5.91 Å². The number of piperazine rings is 1. The van der Waals surface area contributed by atoms with E-state index in [-0.39, 0.29) is 11.3 Å². The fraction of sp³-hybridized carbons (Fsp3) is 0.524. The Hall–Kier alpha value is -2.14. The maximum atomic E-state index is 12.9. The molecule has 1 fully saturated rings. The fourth-order valence-corrected chi connectivity index (χ4v) is 3.51. The molecule has 0 N–H and O–H groups in total. The second-order valence-electron chi connectivity index (χ2n) is 8.53. The summed E-state index contributed by atoms with van der Waals surface area (Å²) < 4.78 is 1.80. The Bertz CT molecular complexity index is 762. The van der Waals surface area contributed by atoms with Gasteiger partial charge in [-0.25, -0.2) is 0 Å². The lowest BCUT2D eigenvalue weighted by molar-refractivity contribution is 0.0586. The number of rotatable bonds is 3. The van der Waals surface area contributed by atoms with E-state index in [0.29, 0.717) is 5.69 Å². The zero-order chi connectivity index (χ0) is 18.9. The van der Waals surface area contributed by atoms with Gasteiger partial charge in [0.05, 0.1) is 5.69 Å². The maximum absolute atomic E-state index is 12.9. The monoisotopic (exact) mass is 354 g/mol. The van der Waals surface area contributed by atoms with Crippen molar-refractivity contribution in [3.05, 3.63) is 41.6 Å². The number of nitrogens with zero attached hydrogens (tertiary/aromatic N) is 4. The molecule has 26 heavy (non-hydrogen) atoms. The van der Waals surface area contributed by atoms with E-state index in [2.05, 4.69) is 62.0 Å². The molecule has 0 atom stereocenters. The molecule has 5 nitrogen and oxygen atoms in total. The zero-order valence-electron chi connectivity index (χ0n) is 16.6. The number of hydrogen-bond donors (Lipinski definition) is 0. The highest BCUT2D eigenvalue weighted by molar-refractivity contribution is 5.93. The summed E-state index contributed by atoms with van der Waals surface area (Å²) in [6, 6.07) is 10.2. The Morgan fingerprint density at radius 3 is 2.27 bits per heavy atom. The minimum atomic E-state index is 0.0365. The van der Waals surface area contributed by atoms with Gasteiger partial charge in [-0.2, -0.15) is 5.10 Å². The first kappa shape index (κ1) is 18.6. The number of benzene rings is 1. The molecule has 3 rings (SSSR count). The molecule has 0 saturated carbocycles. The molecule has 140 valence electrons. The fourth-order valence-electron chi connectivity index (χ4n) is 3.51. The molecule has 0 spiro atoms. The first-order chi connectivity index (χ1) is 12.2. The van der Waals surface area contributed by atoms with Gasteiger partial charge in [-0.3, -0.25) is 14.4 Å². The summed E-state index contributed by atoms with van der Waals surface area (Å²) in [5.74, 6) is 0.0365. The lowest BCUT2D eigenvalue weighted by Crippen LogP contribution is -2.50. The summed E-state index contributed by atoms with van der Waals surface area (Å²) in [6.07, 6.45) is 0. The minimum Gasteiger partial charge on any atom is -0.335 e. The van der Waals surface area contributed by atoms with E-state index >= 15 is 0 Å². The Kier molecular flexibility index (Phi) is 5.19. The third-order valence-corrected chi connectivity index (χ3v) is 4.80. The number of amides is 1. The Morgan fingerprint density at radius 2 is 1.69 bits per heavy atom. The van der Waals surface area contributed by atoms with E-state index in [1.807, 2.05) is 18.0 Å². The van der Waals surface area contributed by atoms with E-state index in [1.165, 1.54) is 5.56 Å². The number of aromatic nitrogens is 2. The summed E-state index contributed by atoms with van der Waals surface area (Å²) in [7, 11) is 1.90. The van der Waals surface area contributed by atoms with Gasteiger partial charge in [0.15, 0.2) is 5.69 Å². The normalized spacial score (nSPS) is 16.1. The van der Waals surface area contributed by atoms with Gasteiger partial charge in [-0.1, -0.05) is 50.6 Å². The van der Waals surface area contributed by atoms with Gasteiger partial charge in [0.25, 0.3) is 5.91 Å². The highest BCUT2D eigenvalue weighted by Gasteiger charge is 2.26. The van der Waals surface area contributed by atoms with Gasteiger partial charge < -0.3 is 4.90 Å². The van der Waals surface area contributed by atoms with Gasteiger partial charge >= 0.3 is 0 Å². The summed E-state index contributed by atoms with van der Waals surface area (Å²) in [5, 5.41) is 4.47. The van der Waals surface area contributed by atoms with Crippen LogP contribution in [0, 0.1) is 12.3 Å². The van der Waals surface area contributed by atoms with Crippen LogP contribution < -0.4 is 0 Å². The van der Waals surface area contributed by atoms with Gasteiger partial charge in [0.1, 0.15) is 0 Å². The minimum absolute atomic E-state index is 0.0365. The molecule has 0 aliphatic carbocycles. The molecular weight excluding hydrogens is 324 g/mol. The Labute approximate surface area is 156 Å². The molecule has 2 heterocycles. The largest absolute Gasteiger partial charge is 0.335 e. The third-order valence-electron chi connectivity index (χ3n) is 4.80. The van der Waals surface area contributed by atoms with Crippen LogP contribution in [0.25, 0.3) is 11.3 Å². The molecule has 1 amide bonds. The standard InChI is InChI=1S/C21H30N4O/c1-16-6-8-17(9-7-16)19-14-18(22-23(19)5)20(26)25-12-10-24(11-13-25)15-21(2,3)4/h6-9,14H,10-13,15H2,1-5H3. The van der Waals surface area contributed by atoms with Crippen LogP contribution in [0.15, 0.2) is 30.3 Å². The van der Waals surface area contributed by atoms with Crippen molar-refractivity contribution in [3.63, 3.8) is 0 Å². The van der Waals surface area contributed by atoms with E-state index < -0.39 is 0 Å². The van der Waals surface area contributed by atoms with Crippen molar-refractivity contribution in [1.29, 1.82) is 0 Å². The smallest absolute Gasteiger partial charge is 0.274 e. The van der Waals surface area contributed by atoms with Crippen LogP contribution in [-0.2, 0) is 7.05 Å². The second kappa shape index (κ2) is 7.23. The molecule has 1 aliphatic heterocycles. The van der Waals surface area contributed by atoms with Gasteiger partial charge in [0.2, 0.25) is 0 Å². The number of carbonyl (C=O) groups is 1. The van der Waals surface area contributed by atoms with Crippen LogP contribution in [0.2, 0.25) is 0 Å². The number of carbonyl (C=O) groups excluding carboxylic acids is 1. The van der Waals surface area contributed by atoms with Crippen LogP contribution in [0.4, 0.5) is 0 Å². The van der Waals surface area contributed by atoms with Crippen molar-refractivity contribution in [2.75, 3.05) is 32.7 Å². The summed E-state index contributed by atoms with van der Waals surface area (Å²) in [4.78, 5) is 17.2. The van der Waals surface area contributed by atoms with E-state index in [9.17, 15) is 4.79 Å². The van der Waals surface area contributed by atoms with Crippen LogP contribution in [0.3, 0.4) is 0 Å². The highest BCUT2D eigenvalue weighted by atomic mass is 16.2. The maximum Gasteiger partial charge on any atom is 0.274 e. The average Bonchev–Trinajstić information content (AvgIpc) is 2.96. The number of aryl methyl sites for hydroxylation is 2. The van der Waals surface area contributed by atoms with Gasteiger partial charge in [-0.15, -0.1) is 0 Å². The van der Waals surface area contributed by atoms with Crippen LogP contribution in [0.5, 0.6) is 0 Å². The second-order valence-corrected chi connectivity index (χ2v) is 8.53. The quantitative estimate of drug-likeness (QED) is 0.850. The molecule has 0 bridgehead atoms. The molecule has 1 aliphatic rings. The highest BCUT2D eigenvalue weighted by Crippen LogP contribution is 2.22. The molecule has 0 unspecified atom stereocenters. The van der Waals surface area contributed by atoms with Crippen molar-refractivity contribution in [2.45, 2.75) is 27.7 Å². The molecule has 1 saturated heterocycles. The molecular formula is C21H30N4O. The summed E-state index contributed by atoms with van der Waals surface area (Å²) in [5.41, 5.74) is 4.10. The van der Waals surface area contributed by atoms with Crippen LogP contribution >= 0.6 is 0 Å². The van der Waals surface area contributed by atoms with Crippen molar-refractivity contribution in [2.24, 2.45) is 12.5 Å². The molecule has 0 radical (unpaired) electrons. The topological polar surface area (TPSA) is 41.4 Å². The molecule has 1 aromatic heterocycles. The lowest BCUT2D eigenvalue weighted by Gasteiger charge is -2.37. The van der Waals surface area contributed by atoms with Crippen molar-refractivity contribution in [1.82, 2.24) is 19.6 Å². The zero-order valence-corrected chi connectivity index (χ0v) is 16.6. The van der Waals surface area contributed by atoms with Crippen LogP contribution in [-0.4, -0.2) is 58.2 Å². The van der Waals surface area contributed by atoms with Crippen molar-refractivity contribution < 1.29 is 4.79 Å². The summed E-state index contributed by atoms with van der Waals surface area (Å²) >= 11 is 0.